The Morgan fingerprint density at radius 3 is 2.75 bits per heavy atom. The number of carbonyl (C=O) groups is 1. The van der Waals surface area contributed by atoms with Gasteiger partial charge in [-0.1, -0.05) is 0 Å². The molecule has 2 aromatic rings. The smallest absolute Gasteiger partial charge is 0.339 e. The molecule has 4 rings (SSSR count). The highest BCUT2D eigenvalue weighted by Gasteiger charge is 2.37. The maximum Gasteiger partial charge on any atom is 0.339 e. The Balaban J connectivity index is 1.72. The van der Waals surface area contributed by atoms with E-state index in [9.17, 15) is 4.79 Å². The molecule has 2 bridgehead atoms. The Hall–Kier alpha value is -2.10. The molecule has 0 amide bonds. The first kappa shape index (κ1) is 15.4. The Kier molecular flexibility index (Phi) is 3.52. The third-order valence-electron chi connectivity index (χ3n) is 5.08. The van der Waals surface area contributed by atoms with Crippen molar-refractivity contribution in [3.8, 4) is 0 Å². The predicted molar refractivity (Wildman–Crippen MR) is 95.4 cm³/mol. The first-order valence-corrected chi connectivity index (χ1v) is 8.79. The van der Waals surface area contributed by atoms with Gasteiger partial charge in [-0.2, -0.15) is 0 Å². The Morgan fingerprint density at radius 1 is 1.25 bits per heavy atom. The molecule has 126 valence electrons. The second-order valence-corrected chi connectivity index (χ2v) is 8.05. The lowest BCUT2D eigenvalue weighted by atomic mass is 10.1. The monoisotopic (exact) mass is 324 g/mol. The van der Waals surface area contributed by atoms with Crippen molar-refractivity contribution in [3.05, 3.63) is 36.0 Å². The molecule has 1 aromatic carbocycles. The van der Waals surface area contributed by atoms with Crippen LogP contribution in [0.25, 0.3) is 10.9 Å². The third kappa shape index (κ3) is 2.74. The van der Waals surface area contributed by atoms with Crippen molar-refractivity contribution < 1.29 is 9.53 Å². The van der Waals surface area contributed by atoms with E-state index in [1.54, 1.807) is 12.3 Å². The summed E-state index contributed by atoms with van der Waals surface area (Å²) in [5, 5.41) is 0.882. The van der Waals surface area contributed by atoms with Crippen LogP contribution in [0, 0.1) is 5.92 Å². The molecule has 1 aliphatic heterocycles. The topological polar surface area (TPSA) is 42.4 Å². The van der Waals surface area contributed by atoms with Crippen LogP contribution in [0.1, 0.15) is 50.4 Å². The molecule has 4 nitrogen and oxygen atoms in total. The van der Waals surface area contributed by atoms with E-state index in [2.05, 4.69) is 22.0 Å². The lowest BCUT2D eigenvalue weighted by molar-refractivity contribution is 0.00718. The largest absolute Gasteiger partial charge is 0.456 e. The zero-order valence-electron chi connectivity index (χ0n) is 14.6. The third-order valence-corrected chi connectivity index (χ3v) is 5.08. The highest BCUT2D eigenvalue weighted by atomic mass is 16.6. The quantitative estimate of drug-likeness (QED) is 0.777. The van der Waals surface area contributed by atoms with Crippen molar-refractivity contribution >= 4 is 22.6 Å². The van der Waals surface area contributed by atoms with Gasteiger partial charge in [0.05, 0.1) is 11.1 Å². The fourth-order valence-corrected chi connectivity index (χ4v) is 4.06. The summed E-state index contributed by atoms with van der Waals surface area (Å²) in [6, 6.07) is 8.69. The van der Waals surface area contributed by atoms with Crippen molar-refractivity contribution in [3.63, 3.8) is 0 Å². The summed E-state index contributed by atoms with van der Waals surface area (Å²) in [7, 11) is 0. The Morgan fingerprint density at radius 2 is 2.08 bits per heavy atom. The maximum atomic E-state index is 12.6. The van der Waals surface area contributed by atoms with E-state index in [-0.39, 0.29) is 5.97 Å². The Bertz CT molecular complexity index is 794. The van der Waals surface area contributed by atoms with Crippen molar-refractivity contribution in [2.75, 3.05) is 11.4 Å². The number of carbonyl (C=O) groups excluding carboxylic acids is 1. The molecule has 2 atom stereocenters. The van der Waals surface area contributed by atoms with Gasteiger partial charge in [-0.15, -0.1) is 0 Å². The number of esters is 1. The highest BCUT2D eigenvalue weighted by molar-refractivity contribution is 6.04. The van der Waals surface area contributed by atoms with Gasteiger partial charge >= 0.3 is 5.97 Å². The van der Waals surface area contributed by atoms with Gasteiger partial charge in [-0.3, -0.25) is 4.98 Å². The van der Waals surface area contributed by atoms with E-state index in [1.165, 1.54) is 24.9 Å². The summed E-state index contributed by atoms with van der Waals surface area (Å²) < 4.78 is 5.57. The normalized spacial score (nSPS) is 23.0. The molecule has 4 heteroatoms. The molecule has 1 saturated carbocycles. The summed E-state index contributed by atoms with van der Waals surface area (Å²) >= 11 is 0. The number of pyridine rings is 1. The number of fused-ring (bicyclic) bond motifs is 3. The molecule has 2 heterocycles. The first-order chi connectivity index (χ1) is 11.4. The van der Waals surface area contributed by atoms with Crippen LogP contribution in [0.4, 0.5) is 5.69 Å². The van der Waals surface area contributed by atoms with E-state index in [4.69, 9.17) is 4.74 Å². The van der Waals surface area contributed by atoms with Gasteiger partial charge in [0.1, 0.15) is 5.60 Å². The van der Waals surface area contributed by atoms with Crippen molar-refractivity contribution in [2.45, 2.75) is 51.7 Å². The summed E-state index contributed by atoms with van der Waals surface area (Å²) in [6.45, 7) is 6.81. The standard InChI is InChI=1S/C20H24N2O2/c1-20(2,3)24-19(23)16-8-9-21-18-7-6-15(11-17(16)18)22-12-13-4-5-14(22)10-13/h6-9,11,13-14H,4-5,10,12H2,1-3H3/t13-,14+/m1/s1. The van der Waals surface area contributed by atoms with Crippen molar-refractivity contribution in [2.24, 2.45) is 5.92 Å². The molecule has 0 unspecified atom stereocenters. The molecule has 0 radical (unpaired) electrons. The molecule has 1 saturated heterocycles. The number of ether oxygens (including phenoxy) is 1. The molecule has 2 fully saturated rings. The molecule has 1 aliphatic carbocycles. The maximum absolute atomic E-state index is 12.6. The highest BCUT2D eigenvalue weighted by Crippen LogP contribution is 2.40. The van der Waals surface area contributed by atoms with Gasteiger partial charge in [-0.05, 0) is 70.2 Å². The van der Waals surface area contributed by atoms with Crippen LogP contribution in [0.15, 0.2) is 30.5 Å². The number of piperidine rings is 1. The molecule has 0 N–H and O–H groups in total. The van der Waals surface area contributed by atoms with Gasteiger partial charge in [-0.25, -0.2) is 4.79 Å². The van der Waals surface area contributed by atoms with Gasteiger partial charge in [0.25, 0.3) is 0 Å². The summed E-state index contributed by atoms with van der Waals surface area (Å²) in [5.74, 6) is 0.555. The van der Waals surface area contributed by atoms with Crippen LogP contribution in [0.5, 0.6) is 0 Å². The number of hydrogen-bond acceptors (Lipinski definition) is 4. The van der Waals surface area contributed by atoms with E-state index in [1.807, 2.05) is 26.8 Å². The van der Waals surface area contributed by atoms with Crippen LogP contribution >= 0.6 is 0 Å². The number of aromatic nitrogens is 1. The minimum atomic E-state index is -0.502. The van der Waals surface area contributed by atoms with Crippen LogP contribution in [-0.4, -0.2) is 29.1 Å². The minimum Gasteiger partial charge on any atom is -0.456 e. The number of anilines is 1. The number of hydrogen-bond donors (Lipinski definition) is 0. The second kappa shape index (κ2) is 5.47. The zero-order valence-corrected chi connectivity index (χ0v) is 14.6. The second-order valence-electron chi connectivity index (χ2n) is 8.05. The number of nitrogens with zero attached hydrogens (tertiary/aromatic N) is 2. The number of rotatable bonds is 2. The van der Waals surface area contributed by atoms with E-state index in [0.717, 1.165) is 23.4 Å². The molecular formula is C20H24N2O2. The van der Waals surface area contributed by atoms with Gasteiger partial charge in [0.2, 0.25) is 0 Å². The zero-order chi connectivity index (χ0) is 16.9. The van der Waals surface area contributed by atoms with Crippen molar-refractivity contribution in [1.29, 1.82) is 0 Å². The lowest BCUT2D eigenvalue weighted by Gasteiger charge is -2.29. The molecular weight excluding hydrogens is 300 g/mol. The van der Waals surface area contributed by atoms with E-state index < -0.39 is 5.60 Å². The molecule has 1 aromatic heterocycles. The summed E-state index contributed by atoms with van der Waals surface area (Å²) in [5.41, 5.74) is 2.14. The average Bonchev–Trinajstić information content (AvgIpc) is 3.15. The van der Waals surface area contributed by atoms with Crippen LogP contribution < -0.4 is 4.90 Å². The SMILES string of the molecule is CC(C)(C)OC(=O)c1ccnc2ccc(N3C[C@@H]4CC[C@H]3C4)cc12. The van der Waals surface area contributed by atoms with Crippen LogP contribution in [0.3, 0.4) is 0 Å². The van der Waals surface area contributed by atoms with Gasteiger partial charge < -0.3 is 9.64 Å². The average molecular weight is 324 g/mol. The number of benzene rings is 1. The molecule has 24 heavy (non-hydrogen) atoms. The van der Waals surface area contributed by atoms with E-state index in [0.29, 0.717) is 11.6 Å². The fraction of sp³-hybridized carbons (Fsp3) is 0.500. The van der Waals surface area contributed by atoms with Crippen LogP contribution in [0.2, 0.25) is 0 Å². The minimum absolute atomic E-state index is 0.282. The van der Waals surface area contributed by atoms with Crippen molar-refractivity contribution in [1.82, 2.24) is 4.98 Å². The van der Waals surface area contributed by atoms with Crippen LogP contribution in [-0.2, 0) is 4.74 Å². The summed E-state index contributed by atoms with van der Waals surface area (Å²) in [6.07, 6.45) is 5.64. The van der Waals surface area contributed by atoms with Gasteiger partial charge in [0.15, 0.2) is 0 Å². The first-order valence-electron chi connectivity index (χ1n) is 8.79. The van der Waals surface area contributed by atoms with E-state index >= 15 is 0 Å². The molecule has 0 spiro atoms. The predicted octanol–water partition coefficient (Wildman–Crippen LogP) is 4.18. The summed E-state index contributed by atoms with van der Waals surface area (Å²) in [4.78, 5) is 19.5. The Labute approximate surface area is 142 Å². The lowest BCUT2D eigenvalue weighted by Crippen LogP contribution is -2.31. The molecule has 2 aliphatic rings. The fourth-order valence-electron chi connectivity index (χ4n) is 4.06. The van der Waals surface area contributed by atoms with Gasteiger partial charge in [0, 0.05) is 29.9 Å².